The SMILES string of the molecule is CC1(C)O[C@H]2O[C@H]([C@H](O)COC(=O)c3ccccc3)C[C@H]2O1. The molecule has 0 unspecified atom stereocenters. The topological polar surface area (TPSA) is 74.2 Å². The van der Waals surface area contributed by atoms with Crippen LogP contribution in [0.1, 0.15) is 30.6 Å². The second-order valence-electron chi connectivity index (χ2n) is 5.98. The fourth-order valence-corrected chi connectivity index (χ4v) is 2.71. The first-order valence-electron chi connectivity index (χ1n) is 7.36. The van der Waals surface area contributed by atoms with Gasteiger partial charge in [0.1, 0.15) is 18.8 Å². The van der Waals surface area contributed by atoms with Crippen molar-refractivity contribution in [1.82, 2.24) is 0 Å². The van der Waals surface area contributed by atoms with Crippen molar-refractivity contribution in [2.24, 2.45) is 0 Å². The molecule has 0 saturated carbocycles. The monoisotopic (exact) mass is 308 g/mol. The summed E-state index contributed by atoms with van der Waals surface area (Å²) in [7, 11) is 0. The van der Waals surface area contributed by atoms with Gasteiger partial charge >= 0.3 is 5.97 Å². The van der Waals surface area contributed by atoms with Crippen LogP contribution in [0.2, 0.25) is 0 Å². The van der Waals surface area contributed by atoms with Gasteiger partial charge in [-0.3, -0.25) is 0 Å². The second kappa shape index (κ2) is 5.96. The Balaban J connectivity index is 1.48. The molecule has 6 heteroatoms. The smallest absolute Gasteiger partial charge is 0.338 e. The van der Waals surface area contributed by atoms with E-state index in [4.69, 9.17) is 18.9 Å². The molecule has 0 radical (unpaired) electrons. The predicted octanol–water partition coefficient (Wildman–Crippen LogP) is 1.47. The van der Waals surface area contributed by atoms with Crippen molar-refractivity contribution in [3.8, 4) is 0 Å². The summed E-state index contributed by atoms with van der Waals surface area (Å²) in [6.07, 6.45) is -1.53. The van der Waals surface area contributed by atoms with Gasteiger partial charge in [-0.25, -0.2) is 4.79 Å². The summed E-state index contributed by atoms with van der Waals surface area (Å²) >= 11 is 0. The summed E-state index contributed by atoms with van der Waals surface area (Å²) in [6.45, 7) is 3.52. The Morgan fingerprint density at radius 3 is 2.77 bits per heavy atom. The Labute approximate surface area is 128 Å². The van der Waals surface area contributed by atoms with E-state index in [0.717, 1.165) is 0 Å². The summed E-state index contributed by atoms with van der Waals surface area (Å²) in [5.41, 5.74) is 0.451. The van der Waals surface area contributed by atoms with Gasteiger partial charge in [0, 0.05) is 6.42 Å². The Morgan fingerprint density at radius 1 is 1.36 bits per heavy atom. The van der Waals surface area contributed by atoms with E-state index in [9.17, 15) is 9.90 Å². The van der Waals surface area contributed by atoms with Crippen LogP contribution in [0.4, 0.5) is 0 Å². The van der Waals surface area contributed by atoms with Gasteiger partial charge < -0.3 is 24.1 Å². The third-order valence-electron chi connectivity index (χ3n) is 3.74. The summed E-state index contributed by atoms with van der Waals surface area (Å²) in [6, 6.07) is 8.65. The molecule has 0 spiro atoms. The molecular weight excluding hydrogens is 288 g/mol. The molecule has 2 saturated heterocycles. The second-order valence-corrected chi connectivity index (χ2v) is 5.98. The molecule has 4 atom stereocenters. The summed E-state index contributed by atoms with van der Waals surface area (Å²) in [4.78, 5) is 11.8. The van der Waals surface area contributed by atoms with Crippen LogP contribution in [0.3, 0.4) is 0 Å². The number of hydrogen-bond donors (Lipinski definition) is 1. The molecule has 6 nitrogen and oxygen atoms in total. The van der Waals surface area contributed by atoms with Gasteiger partial charge in [-0.2, -0.15) is 0 Å². The standard InChI is InChI=1S/C16H20O6/c1-16(2)21-13-8-12(20-15(13)22-16)11(17)9-19-14(18)10-6-4-3-5-7-10/h3-7,11-13,15,17H,8-9H2,1-2H3/t11-,12+,13-,15-/m1/s1. The van der Waals surface area contributed by atoms with E-state index in [1.807, 2.05) is 19.9 Å². The van der Waals surface area contributed by atoms with E-state index in [-0.39, 0.29) is 12.7 Å². The first-order chi connectivity index (χ1) is 10.4. The van der Waals surface area contributed by atoms with E-state index in [1.165, 1.54) is 0 Å². The maximum absolute atomic E-state index is 11.8. The molecule has 0 bridgehead atoms. The minimum atomic E-state index is -0.909. The van der Waals surface area contributed by atoms with Crippen LogP contribution in [0.25, 0.3) is 0 Å². The van der Waals surface area contributed by atoms with Crippen molar-refractivity contribution in [2.45, 2.75) is 50.7 Å². The highest BCUT2D eigenvalue weighted by atomic mass is 16.8. The van der Waals surface area contributed by atoms with E-state index in [1.54, 1.807) is 24.3 Å². The highest BCUT2D eigenvalue weighted by Crippen LogP contribution is 2.37. The van der Waals surface area contributed by atoms with Crippen LogP contribution in [0, 0.1) is 0 Å². The van der Waals surface area contributed by atoms with Crippen LogP contribution in [-0.4, -0.2) is 48.1 Å². The molecule has 0 aliphatic carbocycles. The number of esters is 1. The average molecular weight is 308 g/mol. The number of carbonyl (C=O) groups is 1. The van der Waals surface area contributed by atoms with Gasteiger partial charge in [0.2, 0.25) is 0 Å². The quantitative estimate of drug-likeness (QED) is 0.849. The number of benzene rings is 1. The molecule has 2 aliphatic rings. The zero-order chi connectivity index (χ0) is 15.7. The molecule has 3 rings (SSSR count). The minimum Gasteiger partial charge on any atom is -0.459 e. The van der Waals surface area contributed by atoms with Crippen LogP contribution in [0.15, 0.2) is 30.3 Å². The number of aliphatic hydroxyl groups excluding tert-OH is 1. The molecule has 0 aromatic heterocycles. The zero-order valence-electron chi connectivity index (χ0n) is 12.6. The lowest BCUT2D eigenvalue weighted by Crippen LogP contribution is -2.34. The van der Waals surface area contributed by atoms with Crippen LogP contribution < -0.4 is 0 Å². The fourth-order valence-electron chi connectivity index (χ4n) is 2.71. The van der Waals surface area contributed by atoms with Crippen molar-refractivity contribution in [3.05, 3.63) is 35.9 Å². The van der Waals surface area contributed by atoms with Gasteiger partial charge in [0.15, 0.2) is 12.1 Å². The predicted molar refractivity (Wildman–Crippen MR) is 76.0 cm³/mol. The number of aliphatic hydroxyl groups is 1. The van der Waals surface area contributed by atoms with Gasteiger partial charge in [-0.05, 0) is 26.0 Å². The Hall–Kier alpha value is -1.47. The molecule has 120 valence electrons. The third-order valence-corrected chi connectivity index (χ3v) is 3.74. The van der Waals surface area contributed by atoms with E-state index < -0.39 is 30.3 Å². The molecule has 2 fully saturated rings. The molecule has 1 aromatic carbocycles. The highest BCUT2D eigenvalue weighted by Gasteiger charge is 2.50. The van der Waals surface area contributed by atoms with Crippen LogP contribution in [0.5, 0.6) is 0 Å². The fraction of sp³-hybridized carbons (Fsp3) is 0.562. The number of rotatable bonds is 4. The first kappa shape index (κ1) is 15.4. The van der Waals surface area contributed by atoms with Crippen molar-refractivity contribution in [2.75, 3.05) is 6.61 Å². The lowest BCUT2D eigenvalue weighted by molar-refractivity contribution is -0.215. The average Bonchev–Trinajstić information content (AvgIpc) is 2.98. The zero-order valence-corrected chi connectivity index (χ0v) is 12.6. The highest BCUT2D eigenvalue weighted by molar-refractivity contribution is 5.89. The Bertz CT molecular complexity index is 513. The normalized spacial score (nSPS) is 30.8. The van der Waals surface area contributed by atoms with Gasteiger partial charge in [0.25, 0.3) is 0 Å². The van der Waals surface area contributed by atoms with Gasteiger partial charge in [-0.15, -0.1) is 0 Å². The molecule has 0 amide bonds. The van der Waals surface area contributed by atoms with Crippen molar-refractivity contribution in [1.29, 1.82) is 0 Å². The maximum Gasteiger partial charge on any atom is 0.338 e. The summed E-state index contributed by atoms with van der Waals surface area (Å²) in [5, 5.41) is 10.1. The summed E-state index contributed by atoms with van der Waals surface area (Å²) in [5.74, 6) is -1.13. The molecule has 1 aromatic rings. The van der Waals surface area contributed by atoms with E-state index in [0.29, 0.717) is 12.0 Å². The number of hydrogen-bond acceptors (Lipinski definition) is 6. The lowest BCUT2D eigenvalue weighted by Gasteiger charge is -2.23. The van der Waals surface area contributed by atoms with Crippen LogP contribution >= 0.6 is 0 Å². The van der Waals surface area contributed by atoms with Gasteiger partial charge in [0.05, 0.1) is 11.7 Å². The van der Waals surface area contributed by atoms with Crippen molar-refractivity contribution in [3.63, 3.8) is 0 Å². The van der Waals surface area contributed by atoms with Crippen molar-refractivity contribution < 1.29 is 28.8 Å². The van der Waals surface area contributed by atoms with E-state index >= 15 is 0 Å². The van der Waals surface area contributed by atoms with Crippen LogP contribution in [-0.2, 0) is 18.9 Å². The molecular formula is C16H20O6. The number of fused-ring (bicyclic) bond motifs is 1. The third kappa shape index (κ3) is 3.30. The Kier molecular flexibility index (Phi) is 4.18. The van der Waals surface area contributed by atoms with Gasteiger partial charge in [-0.1, -0.05) is 18.2 Å². The molecule has 1 N–H and O–H groups in total. The largest absolute Gasteiger partial charge is 0.459 e. The lowest BCUT2D eigenvalue weighted by atomic mass is 10.1. The van der Waals surface area contributed by atoms with Crippen molar-refractivity contribution >= 4 is 5.97 Å². The minimum absolute atomic E-state index is 0.124. The maximum atomic E-state index is 11.8. The molecule has 2 aliphatic heterocycles. The van der Waals surface area contributed by atoms with E-state index in [2.05, 4.69) is 0 Å². The number of ether oxygens (including phenoxy) is 4. The number of carbonyl (C=O) groups excluding carboxylic acids is 1. The Morgan fingerprint density at radius 2 is 2.09 bits per heavy atom. The molecule has 2 heterocycles. The molecule has 22 heavy (non-hydrogen) atoms. The first-order valence-corrected chi connectivity index (χ1v) is 7.36. The summed E-state index contributed by atoms with van der Waals surface area (Å²) < 4.78 is 22.0.